The molecule has 2 aromatic heterocycles. The molecule has 0 fully saturated rings. The average molecular weight is 1610 g/mol. The summed E-state index contributed by atoms with van der Waals surface area (Å²) in [5, 5.41) is 78.0. The molecule has 0 amide bonds. The summed E-state index contributed by atoms with van der Waals surface area (Å²) < 4.78 is 0. The van der Waals surface area contributed by atoms with Crippen LogP contribution in [0.15, 0.2) is 340 Å². The van der Waals surface area contributed by atoms with Crippen molar-refractivity contribution in [2.45, 2.75) is 13.8 Å². The van der Waals surface area contributed by atoms with Crippen molar-refractivity contribution in [1.82, 2.24) is 9.97 Å². The Labute approximate surface area is 629 Å². The molecule has 0 spiro atoms. The average Bonchev–Trinajstić information content (AvgIpc) is 0.905. The summed E-state index contributed by atoms with van der Waals surface area (Å²) in [6, 6.07) is 87.7. The molecule has 0 saturated heterocycles. The van der Waals surface area contributed by atoms with Gasteiger partial charge in [-0.2, -0.15) is 0 Å². The van der Waals surface area contributed by atoms with Gasteiger partial charge in [-0.25, -0.2) is 0 Å². The van der Waals surface area contributed by atoms with Crippen molar-refractivity contribution in [3.8, 4) is 11.5 Å². The van der Waals surface area contributed by atoms with Gasteiger partial charge < -0.3 is 40.5 Å². The monoisotopic (exact) mass is 1600 g/mol. The van der Waals surface area contributed by atoms with Crippen molar-refractivity contribution < 1.29 is 134 Å². The topological polar surface area (TPSA) is 270 Å². The number of nitrogens with zero attached hydrogens (tertiary/aromatic N) is 2. The largest absolute Gasteiger partial charge is 3.00 e. The molecule has 0 aliphatic carbocycles. The van der Waals surface area contributed by atoms with Crippen LogP contribution in [0.1, 0.15) is 77.5 Å². The maximum atomic E-state index is 11.8. The first-order chi connectivity index (χ1) is 46.6. The number of ketones is 5. The van der Waals surface area contributed by atoms with Gasteiger partial charge in [-0.1, -0.05) is 326 Å². The summed E-state index contributed by atoms with van der Waals surface area (Å²) in [5.74, 6) is -1.97. The molecule has 12 rings (SSSR count). The Kier molecular flexibility index (Phi) is 39.0. The zero-order valence-corrected chi connectivity index (χ0v) is 56.9. The van der Waals surface area contributed by atoms with E-state index in [2.05, 4.69) is 9.97 Å². The van der Waals surface area contributed by atoms with E-state index in [9.17, 15) is 54.6 Å². The van der Waals surface area contributed by atoms with E-state index >= 15 is 0 Å². The molecular weight excluding hydrogens is 1540 g/mol. The van der Waals surface area contributed by atoms with Crippen molar-refractivity contribution in [2.24, 2.45) is 0 Å². The van der Waals surface area contributed by atoms with Crippen LogP contribution in [0.3, 0.4) is 0 Å². The Balaban J connectivity index is 0.000000302. The maximum Gasteiger partial charge on any atom is 3.00 e. The number of aliphatic hydroxyl groups excluding tert-OH is 1. The van der Waals surface area contributed by atoms with E-state index in [0.717, 1.165) is 42.2 Å². The number of rotatable bonds is 12. The molecule has 1 N–H and O–H groups in total. The summed E-state index contributed by atoms with van der Waals surface area (Å²) in [7, 11) is 1.00. The first-order valence-electron chi connectivity index (χ1n) is 29.6. The first-order valence-corrected chi connectivity index (χ1v) is 29.6. The number of carbonyl (C=O) groups excluding carboxylic acids is 5. The second-order valence-electron chi connectivity index (χ2n) is 20.0. The number of para-hydroxylation sites is 2. The van der Waals surface area contributed by atoms with Crippen LogP contribution in [0.25, 0.3) is 44.8 Å². The van der Waals surface area contributed by atoms with E-state index in [1.54, 1.807) is 219 Å². The number of aromatic nitrogens is 2. The van der Waals surface area contributed by atoms with Crippen LogP contribution in [0.2, 0.25) is 0 Å². The SMILES string of the molecule is CC(C)=O.CO.O=C(/C=C(\[O-])c1ccccc1)c1ccccc1.O=C(/C=C(\[O-])c1ccccc1)c1ccccc1.O=C(/C=C(\[O-])c1ccccc1)c1ccccc1.O=C(/C=C(\[O-])c1ccccc1)c1ccccc1.[Er+3].[Er+3].[O-]c1cccc2cccnc12.[O-]c1cccc2cccnc12. The minimum atomic E-state index is -0.264. The van der Waals surface area contributed by atoms with Crippen molar-refractivity contribution in [3.63, 3.8) is 0 Å². The van der Waals surface area contributed by atoms with E-state index in [4.69, 9.17) is 5.11 Å². The number of benzene rings is 10. The number of fused-ring (bicyclic) bond motifs is 2. The maximum absolute atomic E-state index is 11.8. The van der Waals surface area contributed by atoms with Gasteiger partial charge in [-0.3, -0.25) is 29.1 Å². The Hall–Kier alpha value is -10.4. The number of allylic oxidation sites excluding steroid dienone is 4. The second kappa shape index (κ2) is 46.7. The molecule has 14 nitrogen and oxygen atoms in total. The molecule has 10 aromatic carbocycles. The van der Waals surface area contributed by atoms with Gasteiger partial charge in [0.2, 0.25) is 0 Å². The van der Waals surface area contributed by atoms with Gasteiger partial charge in [0.1, 0.15) is 5.78 Å². The molecule has 500 valence electrons. The first kappa shape index (κ1) is 81.8. The van der Waals surface area contributed by atoms with Gasteiger partial charge in [0.05, 0.1) is 11.0 Å². The molecule has 12 aromatic rings. The molecule has 2 heterocycles. The Bertz CT molecular complexity index is 3970. The van der Waals surface area contributed by atoms with Crippen LogP contribution in [0.5, 0.6) is 11.5 Å². The molecule has 0 aliphatic heterocycles. The van der Waals surface area contributed by atoms with Crippen LogP contribution in [-0.2, 0) is 4.79 Å². The molecule has 0 unspecified atom stereocenters. The van der Waals surface area contributed by atoms with Crippen molar-refractivity contribution in [1.29, 1.82) is 0 Å². The molecule has 98 heavy (non-hydrogen) atoms. The third kappa shape index (κ3) is 29.7. The van der Waals surface area contributed by atoms with E-state index < -0.39 is 0 Å². The Morgan fingerprint density at radius 1 is 0.276 bits per heavy atom. The van der Waals surface area contributed by atoms with Crippen molar-refractivity contribution in [3.05, 3.63) is 385 Å². The van der Waals surface area contributed by atoms with Gasteiger partial charge in [-0.05, 0) is 83.3 Å². The quantitative estimate of drug-likeness (QED) is 0.0677. The zero-order chi connectivity index (χ0) is 69.3. The van der Waals surface area contributed by atoms with Crippen LogP contribution in [-0.4, -0.2) is 51.1 Å². The summed E-state index contributed by atoms with van der Waals surface area (Å²) in [5.41, 5.74) is 5.30. The smallest absolute Gasteiger partial charge is 0.872 e. The van der Waals surface area contributed by atoms with Gasteiger partial charge in [-0.15, -0.1) is 0 Å². The van der Waals surface area contributed by atoms with Crippen LogP contribution < -0.4 is 30.6 Å². The number of hydrogen-bond acceptors (Lipinski definition) is 14. The summed E-state index contributed by atoms with van der Waals surface area (Å²) in [6.45, 7) is 3.06. The Morgan fingerprint density at radius 3 is 0.633 bits per heavy atom. The molecule has 0 bridgehead atoms. The number of carbonyl (C=O) groups is 5. The molecule has 0 saturated carbocycles. The van der Waals surface area contributed by atoms with Gasteiger partial charge in [0.25, 0.3) is 0 Å². The van der Waals surface area contributed by atoms with Crippen LogP contribution in [0, 0.1) is 74.6 Å². The second-order valence-corrected chi connectivity index (χ2v) is 20.0. The predicted molar refractivity (Wildman–Crippen MR) is 368 cm³/mol. The fraction of sp³-hybridized carbons (Fsp3) is 0.0366. The minimum absolute atomic E-state index is 0. The molecular formula is C82H66Er2N2O12. The number of hydrogen-bond donors (Lipinski definition) is 1. The van der Waals surface area contributed by atoms with Crippen LogP contribution >= 0.6 is 0 Å². The normalized spacial score (nSPS) is 10.4. The fourth-order valence-corrected chi connectivity index (χ4v) is 8.11. The van der Waals surface area contributed by atoms with Gasteiger partial charge >= 0.3 is 74.6 Å². The summed E-state index contributed by atoms with van der Waals surface area (Å²) in [4.78, 5) is 64.4. The van der Waals surface area contributed by atoms with E-state index in [0.29, 0.717) is 55.5 Å². The summed E-state index contributed by atoms with van der Waals surface area (Å²) in [6.07, 6.45) is 7.78. The molecule has 2 radical (unpaired) electrons. The third-order valence-corrected chi connectivity index (χ3v) is 12.7. The standard InChI is InChI=1S/4C15H12O2.2C9H7NO.C3H6O.CH4O.2Er/c4*16-14(12-7-3-1-4-8-12)11-15(17)13-9-5-2-6-10-13;2*11-8-5-1-3-7-4-2-6-10-9(7)8;1-3(2)4;1-2;;/h4*1-11,16H;2*1-6,11H;1-2H3;2H,1H3;;/q;;;;;;;;2*+3/p-6/b4*14-11-;;;;;;. The fourth-order valence-electron chi connectivity index (χ4n) is 8.11. The van der Waals surface area contributed by atoms with Gasteiger partial charge in [0.15, 0.2) is 23.1 Å². The van der Waals surface area contributed by atoms with E-state index in [1.807, 2.05) is 84.9 Å². The van der Waals surface area contributed by atoms with E-state index in [1.165, 1.54) is 26.0 Å². The third-order valence-electron chi connectivity index (χ3n) is 12.7. The zero-order valence-electron chi connectivity index (χ0n) is 53.2. The van der Waals surface area contributed by atoms with E-state index in [-0.39, 0.29) is 138 Å². The predicted octanol–water partition coefficient (Wildman–Crippen LogP) is 11.9. The number of pyridine rings is 2. The minimum Gasteiger partial charge on any atom is -0.872 e. The Morgan fingerprint density at radius 2 is 0.449 bits per heavy atom. The van der Waals surface area contributed by atoms with Crippen LogP contribution in [0.4, 0.5) is 0 Å². The number of aliphatic hydroxyl groups is 1. The van der Waals surface area contributed by atoms with Gasteiger partial charge in [0, 0.05) is 41.8 Å². The molecule has 16 heteroatoms. The summed E-state index contributed by atoms with van der Waals surface area (Å²) >= 11 is 0. The number of Topliss-reactive ketones (excluding diaryl/α,β-unsaturated/α-hetero) is 1. The van der Waals surface area contributed by atoms with Crippen molar-refractivity contribution in [2.75, 3.05) is 7.11 Å². The van der Waals surface area contributed by atoms with Crippen molar-refractivity contribution >= 4 is 73.8 Å². The molecule has 0 aliphatic rings. The molecule has 0 atom stereocenters.